The molecule has 1 heteroatoms. The van der Waals surface area contributed by atoms with Crippen LogP contribution in [0, 0.1) is 0 Å². The molecule has 0 aromatic heterocycles. The summed E-state index contributed by atoms with van der Waals surface area (Å²) in [7, 11) is 0. The Balaban J connectivity index is 0. The van der Waals surface area contributed by atoms with Crippen LogP contribution in [0.15, 0.2) is 0 Å². The lowest BCUT2D eigenvalue weighted by molar-refractivity contribution is 0.638. The molecule has 0 atom stereocenters. The minimum atomic E-state index is 0.865. The van der Waals surface area contributed by atoms with Crippen LogP contribution >= 0.6 is 0 Å². The molecule has 0 aromatic rings. The molecule has 0 heterocycles. The second-order valence-corrected chi connectivity index (χ2v) is 3.56. The van der Waals surface area contributed by atoms with Gasteiger partial charge in [-0.3, -0.25) is 0 Å². The van der Waals surface area contributed by atoms with Gasteiger partial charge in [-0.15, -0.1) is 0 Å². The Labute approximate surface area is 85.1 Å². The Kier molecular flexibility index (Phi) is 21.2. The van der Waals surface area contributed by atoms with Crippen LogP contribution < -0.4 is 5.73 Å². The molecule has 0 amide bonds. The highest BCUT2D eigenvalue weighted by atomic mass is 14.5. The van der Waals surface area contributed by atoms with E-state index in [0.717, 1.165) is 6.54 Å². The third kappa shape index (κ3) is 24.5. The van der Waals surface area contributed by atoms with E-state index in [1.165, 1.54) is 51.4 Å². The van der Waals surface area contributed by atoms with Crippen molar-refractivity contribution in [3.63, 3.8) is 0 Å². The third-order valence-electron chi connectivity index (χ3n) is 2.01. The third-order valence-corrected chi connectivity index (χ3v) is 2.01. The number of hydrogen-bond donors (Lipinski definition) is 1. The van der Waals surface area contributed by atoms with Crippen molar-refractivity contribution in [1.29, 1.82) is 0 Å². The van der Waals surface area contributed by atoms with Crippen LogP contribution in [0.4, 0.5) is 0 Å². The quantitative estimate of drug-likeness (QED) is 0.596. The number of nitrogens with two attached hydrogens (primary N) is 1. The average Bonchev–Trinajstić information content (AvgIpc) is 2.15. The van der Waals surface area contributed by atoms with Crippen molar-refractivity contribution < 1.29 is 0 Å². The van der Waals surface area contributed by atoms with Gasteiger partial charge in [0.2, 0.25) is 0 Å². The average molecular weight is 187 g/mol. The van der Waals surface area contributed by atoms with Crippen LogP contribution in [0.2, 0.25) is 0 Å². The van der Waals surface area contributed by atoms with Crippen molar-refractivity contribution in [2.75, 3.05) is 6.54 Å². The van der Waals surface area contributed by atoms with Gasteiger partial charge in [-0.25, -0.2) is 0 Å². The molecule has 82 valence electrons. The SMILES string of the molecule is CCCCC.CCCCCCCN. The van der Waals surface area contributed by atoms with E-state index < -0.39 is 0 Å². The Hall–Kier alpha value is -0.0400. The van der Waals surface area contributed by atoms with Gasteiger partial charge in [-0.1, -0.05) is 65.7 Å². The minimum Gasteiger partial charge on any atom is -0.330 e. The molecule has 0 saturated heterocycles. The first-order chi connectivity index (χ1) is 6.33. The van der Waals surface area contributed by atoms with E-state index in [1.807, 2.05) is 0 Å². The Morgan fingerprint density at radius 1 is 0.615 bits per heavy atom. The normalized spacial score (nSPS) is 9.23. The minimum absolute atomic E-state index is 0.865. The Morgan fingerprint density at radius 3 is 1.38 bits per heavy atom. The van der Waals surface area contributed by atoms with Crippen molar-refractivity contribution in [1.82, 2.24) is 0 Å². The van der Waals surface area contributed by atoms with Gasteiger partial charge in [0.15, 0.2) is 0 Å². The summed E-state index contributed by atoms with van der Waals surface area (Å²) in [5.41, 5.74) is 5.31. The molecular formula is C12H29N. The van der Waals surface area contributed by atoms with Gasteiger partial charge in [0.1, 0.15) is 0 Å². The van der Waals surface area contributed by atoms with E-state index in [0.29, 0.717) is 0 Å². The molecule has 2 N–H and O–H groups in total. The van der Waals surface area contributed by atoms with E-state index in [1.54, 1.807) is 0 Å². The predicted octanol–water partition coefficient (Wildman–Crippen LogP) is 4.11. The van der Waals surface area contributed by atoms with E-state index in [9.17, 15) is 0 Å². The smallest absolute Gasteiger partial charge is 0.00773 e. The summed E-state index contributed by atoms with van der Waals surface area (Å²) in [4.78, 5) is 0. The molecule has 0 bridgehead atoms. The van der Waals surface area contributed by atoms with Crippen LogP contribution in [0.3, 0.4) is 0 Å². The van der Waals surface area contributed by atoms with E-state index in [4.69, 9.17) is 5.73 Å². The number of unbranched alkanes of at least 4 members (excludes halogenated alkanes) is 6. The van der Waals surface area contributed by atoms with Crippen LogP contribution in [0.1, 0.15) is 72.1 Å². The summed E-state index contributed by atoms with van der Waals surface area (Å²) in [6.07, 6.45) is 10.7. The molecule has 0 aliphatic heterocycles. The molecule has 0 rings (SSSR count). The van der Waals surface area contributed by atoms with Crippen molar-refractivity contribution in [3.05, 3.63) is 0 Å². The first kappa shape index (κ1) is 15.4. The monoisotopic (exact) mass is 187 g/mol. The summed E-state index contributed by atoms with van der Waals surface area (Å²) in [6, 6.07) is 0. The molecule has 13 heavy (non-hydrogen) atoms. The molecule has 0 unspecified atom stereocenters. The van der Waals surface area contributed by atoms with Gasteiger partial charge >= 0.3 is 0 Å². The van der Waals surface area contributed by atoms with Gasteiger partial charge in [0.05, 0.1) is 0 Å². The predicted molar refractivity (Wildman–Crippen MR) is 63.0 cm³/mol. The van der Waals surface area contributed by atoms with Crippen molar-refractivity contribution in [2.45, 2.75) is 72.1 Å². The van der Waals surface area contributed by atoms with Crippen LogP contribution in [-0.2, 0) is 0 Å². The topological polar surface area (TPSA) is 26.0 Å². The Morgan fingerprint density at radius 2 is 1.08 bits per heavy atom. The maximum atomic E-state index is 5.31. The molecule has 0 fully saturated rings. The highest BCUT2D eigenvalue weighted by Gasteiger charge is 1.83. The second kappa shape index (κ2) is 17.9. The van der Waals surface area contributed by atoms with Crippen LogP contribution in [0.25, 0.3) is 0 Å². The lowest BCUT2D eigenvalue weighted by Crippen LogP contribution is -1.97. The van der Waals surface area contributed by atoms with Gasteiger partial charge in [0.25, 0.3) is 0 Å². The van der Waals surface area contributed by atoms with Crippen molar-refractivity contribution in [3.8, 4) is 0 Å². The van der Waals surface area contributed by atoms with Gasteiger partial charge in [-0.2, -0.15) is 0 Å². The first-order valence-corrected chi connectivity index (χ1v) is 6.03. The van der Waals surface area contributed by atoms with Crippen LogP contribution in [-0.4, -0.2) is 6.54 Å². The summed E-state index contributed by atoms with van der Waals surface area (Å²) in [5, 5.41) is 0. The van der Waals surface area contributed by atoms with Gasteiger partial charge < -0.3 is 5.73 Å². The second-order valence-electron chi connectivity index (χ2n) is 3.56. The standard InChI is InChI=1S/C7H17N.C5H12/c1-2-3-4-5-6-7-8;1-3-5-4-2/h2-8H2,1H3;3-5H2,1-2H3. The van der Waals surface area contributed by atoms with Crippen LogP contribution in [0.5, 0.6) is 0 Å². The summed E-state index contributed by atoms with van der Waals surface area (Å²) in [5.74, 6) is 0. The summed E-state index contributed by atoms with van der Waals surface area (Å²) >= 11 is 0. The summed E-state index contributed by atoms with van der Waals surface area (Å²) < 4.78 is 0. The zero-order chi connectivity index (χ0) is 10.4. The molecule has 0 aromatic carbocycles. The number of rotatable bonds is 7. The molecule has 0 saturated carbocycles. The molecular weight excluding hydrogens is 158 g/mol. The number of hydrogen-bond acceptors (Lipinski definition) is 1. The lowest BCUT2D eigenvalue weighted by Gasteiger charge is -1.93. The largest absolute Gasteiger partial charge is 0.330 e. The molecule has 0 radical (unpaired) electrons. The maximum Gasteiger partial charge on any atom is -0.00773 e. The molecule has 0 spiro atoms. The highest BCUT2D eigenvalue weighted by molar-refractivity contribution is 4.41. The van der Waals surface area contributed by atoms with E-state index in [-0.39, 0.29) is 0 Å². The molecule has 0 aliphatic carbocycles. The zero-order valence-corrected chi connectivity index (χ0v) is 9.94. The Bertz CT molecular complexity index is 54.1. The summed E-state index contributed by atoms with van der Waals surface area (Å²) in [6.45, 7) is 7.51. The highest BCUT2D eigenvalue weighted by Crippen LogP contribution is 2.00. The molecule has 1 nitrogen and oxygen atoms in total. The fraction of sp³-hybridized carbons (Fsp3) is 1.00. The first-order valence-electron chi connectivity index (χ1n) is 6.03. The maximum absolute atomic E-state index is 5.31. The zero-order valence-electron chi connectivity index (χ0n) is 9.94. The van der Waals surface area contributed by atoms with Crippen molar-refractivity contribution in [2.24, 2.45) is 5.73 Å². The van der Waals surface area contributed by atoms with Gasteiger partial charge in [-0.05, 0) is 13.0 Å². The van der Waals surface area contributed by atoms with E-state index in [2.05, 4.69) is 20.8 Å². The van der Waals surface area contributed by atoms with Gasteiger partial charge in [0, 0.05) is 0 Å². The fourth-order valence-electron chi connectivity index (χ4n) is 1.10. The van der Waals surface area contributed by atoms with E-state index >= 15 is 0 Å². The lowest BCUT2D eigenvalue weighted by atomic mass is 10.2. The fourth-order valence-corrected chi connectivity index (χ4v) is 1.10. The van der Waals surface area contributed by atoms with Crippen molar-refractivity contribution >= 4 is 0 Å². The molecule has 0 aliphatic rings.